The minimum absolute atomic E-state index is 0.0550. The average Bonchev–Trinajstić information content (AvgIpc) is 3.34. The Morgan fingerprint density at radius 1 is 0.486 bits per heavy atom. The van der Waals surface area contributed by atoms with Gasteiger partial charge in [0.1, 0.15) is 13.2 Å². The van der Waals surface area contributed by atoms with Gasteiger partial charge in [0.2, 0.25) is 5.91 Å². The molecule has 0 heterocycles. The molecule has 0 aliphatic heterocycles. The van der Waals surface area contributed by atoms with E-state index >= 15 is 0 Å². The van der Waals surface area contributed by atoms with Crippen molar-refractivity contribution in [1.29, 1.82) is 0 Å². The molecule has 0 saturated carbocycles. The quantitative estimate of drug-likeness (QED) is 0.0243. The third-order valence-electron chi connectivity index (χ3n) is 13.1. The van der Waals surface area contributed by atoms with Gasteiger partial charge < -0.3 is 19.8 Å². The predicted octanol–water partition coefficient (Wildman–Crippen LogP) is 18.4. The Bertz CT molecular complexity index is 1450. The predicted molar refractivity (Wildman–Crippen MR) is 313 cm³/mol. The number of nitrogens with one attached hydrogen (secondary N) is 1. The molecule has 0 aromatic carbocycles. The van der Waals surface area contributed by atoms with Crippen LogP contribution in [0.5, 0.6) is 0 Å². The fourth-order valence-corrected chi connectivity index (χ4v) is 9.17. The molecule has 418 valence electrons. The molecule has 0 rings (SSSR count). The molecule has 0 aliphatic rings. The summed E-state index contributed by atoms with van der Waals surface area (Å²) in [4.78, 5) is 23.3. The van der Waals surface area contributed by atoms with E-state index in [-0.39, 0.29) is 19.1 Å². The summed E-state index contributed by atoms with van der Waals surface area (Å²) in [6.45, 7) is 4.67. The highest BCUT2D eigenvalue weighted by molar-refractivity contribution is 7.47. The second kappa shape index (κ2) is 53.5. The number of hydrogen-bond acceptors (Lipinski definition) is 5. The van der Waals surface area contributed by atoms with Crippen LogP contribution in [0.2, 0.25) is 0 Å². The van der Waals surface area contributed by atoms with E-state index in [1.807, 2.05) is 27.2 Å². The highest BCUT2D eigenvalue weighted by atomic mass is 31.2. The number of allylic oxidation sites excluding steroid dienone is 13. The molecule has 0 saturated heterocycles. The number of unbranched alkanes of at least 4 members (excludes halogenated alkanes) is 29. The van der Waals surface area contributed by atoms with Crippen LogP contribution in [0.4, 0.5) is 0 Å². The first-order valence-electron chi connectivity index (χ1n) is 30.0. The van der Waals surface area contributed by atoms with Crippen molar-refractivity contribution in [2.75, 3.05) is 40.9 Å². The Balaban J connectivity index is 3.97. The number of nitrogens with zero attached hydrogens (tertiary/aromatic N) is 1. The maximum Gasteiger partial charge on any atom is 0.472 e. The van der Waals surface area contributed by atoms with Crippen LogP contribution in [0.3, 0.4) is 0 Å². The second-order valence-corrected chi connectivity index (χ2v) is 22.8. The molecular weight excluding hydrogens is 912 g/mol. The third-order valence-corrected chi connectivity index (χ3v) is 14.1. The van der Waals surface area contributed by atoms with Crippen LogP contribution in [0.1, 0.15) is 258 Å². The van der Waals surface area contributed by atoms with E-state index < -0.39 is 20.0 Å². The lowest BCUT2D eigenvalue weighted by molar-refractivity contribution is -0.870. The monoisotopic (exact) mass is 1030 g/mol. The lowest BCUT2D eigenvalue weighted by atomic mass is 10.0. The molecule has 0 fully saturated rings. The number of phosphoric acid groups is 1. The summed E-state index contributed by atoms with van der Waals surface area (Å²) in [5, 5.41) is 13.9. The Morgan fingerprint density at radius 2 is 0.847 bits per heavy atom. The largest absolute Gasteiger partial charge is 0.472 e. The normalized spacial score (nSPS) is 14.5. The zero-order chi connectivity index (χ0) is 52.7. The Labute approximate surface area is 446 Å². The maximum atomic E-state index is 13.0. The minimum Gasteiger partial charge on any atom is -0.387 e. The zero-order valence-corrected chi connectivity index (χ0v) is 48.5. The summed E-state index contributed by atoms with van der Waals surface area (Å²) < 4.78 is 23.6. The SMILES string of the molecule is CC/C=C\C/C=C\C/C=C\C/C=C\C/C=C\CCCCCCCCCCCCCCCCCCCCCCCC(=O)NC(COP(=O)(O)OCC[N+](C)(C)C)C(O)/C=C/CC/C=C/CCCCCCCCC. The number of carbonyl (C=O) groups is 1. The summed E-state index contributed by atoms with van der Waals surface area (Å²) in [5.41, 5.74) is 0. The Morgan fingerprint density at radius 3 is 1.28 bits per heavy atom. The zero-order valence-electron chi connectivity index (χ0n) is 47.7. The molecule has 3 unspecified atom stereocenters. The van der Waals surface area contributed by atoms with Gasteiger partial charge in [0.25, 0.3) is 0 Å². The van der Waals surface area contributed by atoms with Gasteiger partial charge in [0.05, 0.1) is 39.9 Å². The first-order chi connectivity index (χ1) is 35.0. The maximum absolute atomic E-state index is 13.0. The summed E-state index contributed by atoms with van der Waals surface area (Å²) >= 11 is 0. The average molecular weight is 1030 g/mol. The first kappa shape index (κ1) is 69.7. The number of aliphatic hydroxyl groups is 1. The van der Waals surface area contributed by atoms with Gasteiger partial charge >= 0.3 is 7.82 Å². The topological polar surface area (TPSA) is 105 Å². The molecule has 3 atom stereocenters. The van der Waals surface area contributed by atoms with Crippen molar-refractivity contribution < 1.29 is 32.9 Å². The molecule has 0 spiro atoms. The van der Waals surface area contributed by atoms with E-state index in [0.29, 0.717) is 17.4 Å². The van der Waals surface area contributed by atoms with Gasteiger partial charge in [0.15, 0.2) is 0 Å². The number of quaternary nitrogens is 1. The van der Waals surface area contributed by atoms with Crippen molar-refractivity contribution in [2.24, 2.45) is 0 Å². The van der Waals surface area contributed by atoms with Crippen molar-refractivity contribution in [3.63, 3.8) is 0 Å². The summed E-state index contributed by atoms with van der Waals surface area (Å²) in [7, 11) is 1.55. The highest BCUT2D eigenvalue weighted by Crippen LogP contribution is 2.43. The van der Waals surface area contributed by atoms with Crippen LogP contribution in [0.25, 0.3) is 0 Å². The van der Waals surface area contributed by atoms with Gasteiger partial charge in [-0.15, -0.1) is 0 Å². The van der Waals surface area contributed by atoms with Crippen LogP contribution in [-0.2, 0) is 18.4 Å². The second-order valence-electron chi connectivity index (χ2n) is 21.3. The standard InChI is InChI=1S/C63H115N2O6P/c1-6-8-10-12-14-16-18-20-21-22-23-24-25-26-27-28-29-30-31-32-33-34-35-36-37-38-39-40-41-42-43-45-47-49-51-53-55-57-63(67)64-61(60-71-72(68,69)70-59-58-65(3,4)5)62(66)56-54-52-50-48-46-44-19-17-15-13-11-9-7-2/h8,10,14,16,20-21,23-24,26-27,46,48,54,56,61-62,66H,6-7,9,11-13,15,17-19,22,25,28-45,47,49-53,55,57-60H2,1-5H3,(H-,64,67,68,69)/p+1/b10-8-,16-14-,21-20-,24-23-,27-26-,48-46+,56-54+. The van der Waals surface area contributed by atoms with Gasteiger partial charge in [0, 0.05) is 6.42 Å². The smallest absolute Gasteiger partial charge is 0.387 e. The number of phosphoric ester groups is 1. The molecule has 0 aliphatic carbocycles. The van der Waals surface area contributed by atoms with Crippen molar-refractivity contribution in [3.8, 4) is 0 Å². The van der Waals surface area contributed by atoms with Gasteiger partial charge in [-0.1, -0.05) is 259 Å². The Hall–Kier alpha value is -2.32. The van der Waals surface area contributed by atoms with E-state index in [2.05, 4.69) is 92.1 Å². The molecular formula is C63H116N2O6P+. The van der Waals surface area contributed by atoms with Crippen molar-refractivity contribution in [3.05, 3.63) is 85.1 Å². The van der Waals surface area contributed by atoms with E-state index in [1.54, 1.807) is 6.08 Å². The van der Waals surface area contributed by atoms with E-state index in [0.717, 1.165) is 70.6 Å². The molecule has 0 radical (unpaired) electrons. The summed E-state index contributed by atoms with van der Waals surface area (Å²) in [5.74, 6) is -0.186. The first-order valence-corrected chi connectivity index (χ1v) is 31.5. The van der Waals surface area contributed by atoms with Crippen LogP contribution in [0, 0.1) is 0 Å². The van der Waals surface area contributed by atoms with Crippen molar-refractivity contribution >= 4 is 13.7 Å². The van der Waals surface area contributed by atoms with Gasteiger partial charge in [-0.25, -0.2) is 4.57 Å². The number of hydrogen-bond donors (Lipinski definition) is 3. The summed E-state index contributed by atoms with van der Waals surface area (Å²) in [6.07, 6.45) is 75.7. The van der Waals surface area contributed by atoms with Crippen molar-refractivity contribution in [1.82, 2.24) is 5.32 Å². The minimum atomic E-state index is -4.35. The van der Waals surface area contributed by atoms with Crippen molar-refractivity contribution in [2.45, 2.75) is 270 Å². The lowest BCUT2D eigenvalue weighted by Gasteiger charge is -2.25. The highest BCUT2D eigenvalue weighted by Gasteiger charge is 2.27. The molecule has 8 nitrogen and oxygen atoms in total. The fraction of sp³-hybridized carbons (Fsp3) is 0.762. The third kappa shape index (κ3) is 55.4. The number of likely N-dealkylation sites (N-methyl/N-ethyl adjacent to an activating group) is 1. The number of carbonyl (C=O) groups excluding carboxylic acids is 1. The van der Waals surface area contributed by atoms with Crippen LogP contribution in [-0.4, -0.2) is 73.4 Å². The summed E-state index contributed by atoms with van der Waals surface area (Å²) in [6, 6.07) is -0.864. The van der Waals surface area contributed by atoms with Crippen LogP contribution < -0.4 is 5.32 Å². The molecule has 9 heteroatoms. The van der Waals surface area contributed by atoms with E-state index in [1.165, 1.54) is 167 Å². The molecule has 3 N–H and O–H groups in total. The number of amides is 1. The molecule has 0 bridgehead atoms. The van der Waals surface area contributed by atoms with Crippen LogP contribution >= 0.6 is 7.82 Å². The lowest BCUT2D eigenvalue weighted by Crippen LogP contribution is -2.45. The van der Waals surface area contributed by atoms with Gasteiger partial charge in [-0.05, 0) is 77.0 Å². The van der Waals surface area contributed by atoms with Gasteiger partial charge in [-0.3, -0.25) is 13.8 Å². The molecule has 0 aromatic heterocycles. The molecule has 1 amide bonds. The van der Waals surface area contributed by atoms with E-state index in [9.17, 15) is 19.4 Å². The molecule has 72 heavy (non-hydrogen) atoms. The van der Waals surface area contributed by atoms with E-state index in [4.69, 9.17) is 9.05 Å². The van der Waals surface area contributed by atoms with Crippen LogP contribution in [0.15, 0.2) is 85.1 Å². The fourth-order valence-electron chi connectivity index (χ4n) is 8.44. The number of rotatable bonds is 54. The van der Waals surface area contributed by atoms with Gasteiger partial charge in [-0.2, -0.15) is 0 Å². The Kier molecular flexibility index (Phi) is 51.8. The number of aliphatic hydroxyl groups excluding tert-OH is 1. The molecule has 0 aromatic rings.